The molecule has 12 heteroatoms. The standard InChI is InChI=1S/C38H38Cl2N6O4/c1-50-37-24(17-41-20-26-11-13-34(48)44-26)10-12-31(45-37)30-7-3-6-29(36(30)40)28-5-2-4-27(35(28)39)23-14-15-46-33(16-23)43-19-25(38(46)49)18-42-21-32(47)22-8-9-22/h2-7,10,12,14-16,19,22,26,32,41-42,47H,8-9,11,13,17-18,20-21H2,1H3,(H,44,48)/t26-,32-/m0/s1. The molecule has 2 atom stereocenters. The molecule has 7 rings (SSSR count). The number of pyridine rings is 2. The number of nitrogens with zero attached hydrogens (tertiary/aromatic N) is 3. The van der Waals surface area contributed by atoms with Crippen LogP contribution >= 0.6 is 23.2 Å². The van der Waals surface area contributed by atoms with Gasteiger partial charge in [-0.3, -0.25) is 14.0 Å². The Morgan fingerprint density at radius 1 is 0.940 bits per heavy atom. The van der Waals surface area contributed by atoms with Gasteiger partial charge in [0.25, 0.3) is 5.56 Å². The Kier molecular flexibility index (Phi) is 10.2. The van der Waals surface area contributed by atoms with Crippen LogP contribution in [0.1, 0.15) is 36.8 Å². The molecule has 0 bridgehead atoms. The first-order valence-electron chi connectivity index (χ1n) is 16.8. The maximum absolute atomic E-state index is 13.2. The lowest BCUT2D eigenvalue weighted by molar-refractivity contribution is -0.119. The van der Waals surface area contributed by atoms with E-state index in [2.05, 4.69) is 20.9 Å². The fourth-order valence-corrected chi connectivity index (χ4v) is 7.11. The van der Waals surface area contributed by atoms with Gasteiger partial charge in [0, 0.05) is 84.4 Å². The van der Waals surface area contributed by atoms with Crippen molar-refractivity contribution in [3.8, 4) is 39.4 Å². The highest BCUT2D eigenvalue weighted by Crippen LogP contribution is 2.42. The van der Waals surface area contributed by atoms with Crippen molar-refractivity contribution >= 4 is 34.8 Å². The third-order valence-corrected chi connectivity index (χ3v) is 10.2. The number of amides is 1. The number of hydrogen-bond acceptors (Lipinski definition) is 8. The highest BCUT2D eigenvalue weighted by molar-refractivity contribution is 6.39. The highest BCUT2D eigenvalue weighted by Gasteiger charge is 2.29. The van der Waals surface area contributed by atoms with Gasteiger partial charge in [0.05, 0.1) is 29.0 Å². The molecule has 3 aromatic heterocycles. The summed E-state index contributed by atoms with van der Waals surface area (Å²) in [6.45, 7) is 2.00. The lowest BCUT2D eigenvalue weighted by Gasteiger charge is -2.16. The third-order valence-electron chi connectivity index (χ3n) is 9.41. The van der Waals surface area contributed by atoms with E-state index in [-0.39, 0.29) is 23.6 Å². The number of methoxy groups -OCH3 is 1. The van der Waals surface area contributed by atoms with Crippen LogP contribution in [-0.2, 0) is 17.9 Å². The highest BCUT2D eigenvalue weighted by atomic mass is 35.5. The average Bonchev–Trinajstić information content (AvgIpc) is 3.90. The van der Waals surface area contributed by atoms with E-state index < -0.39 is 0 Å². The van der Waals surface area contributed by atoms with Gasteiger partial charge < -0.3 is 25.8 Å². The lowest BCUT2D eigenvalue weighted by Crippen LogP contribution is -2.35. The van der Waals surface area contributed by atoms with Gasteiger partial charge in [-0.05, 0) is 48.9 Å². The summed E-state index contributed by atoms with van der Waals surface area (Å²) in [6.07, 6.45) is 6.43. The molecule has 50 heavy (non-hydrogen) atoms. The van der Waals surface area contributed by atoms with E-state index in [0.717, 1.165) is 52.6 Å². The summed E-state index contributed by atoms with van der Waals surface area (Å²) in [5.74, 6) is 0.956. The summed E-state index contributed by atoms with van der Waals surface area (Å²) in [5, 5.41) is 20.7. The summed E-state index contributed by atoms with van der Waals surface area (Å²) in [5.41, 5.74) is 6.24. The van der Waals surface area contributed by atoms with Crippen molar-refractivity contribution in [3.63, 3.8) is 0 Å². The lowest BCUT2D eigenvalue weighted by atomic mass is 9.97. The zero-order chi connectivity index (χ0) is 34.8. The normalized spacial score (nSPS) is 16.5. The van der Waals surface area contributed by atoms with Crippen LogP contribution in [0.4, 0.5) is 0 Å². The van der Waals surface area contributed by atoms with Crippen LogP contribution in [0.15, 0.2) is 77.9 Å². The van der Waals surface area contributed by atoms with Gasteiger partial charge in [-0.2, -0.15) is 0 Å². The van der Waals surface area contributed by atoms with Crippen LogP contribution < -0.4 is 26.2 Å². The van der Waals surface area contributed by atoms with Crippen molar-refractivity contribution < 1.29 is 14.6 Å². The minimum atomic E-state index is -0.383. The minimum absolute atomic E-state index is 0.0939. The Hall–Kier alpha value is -4.32. The largest absolute Gasteiger partial charge is 0.481 e. The predicted octanol–water partition coefficient (Wildman–Crippen LogP) is 5.63. The molecule has 258 valence electrons. The van der Waals surface area contributed by atoms with Gasteiger partial charge in [-0.15, -0.1) is 0 Å². The van der Waals surface area contributed by atoms with Crippen LogP contribution in [0.2, 0.25) is 10.0 Å². The van der Waals surface area contributed by atoms with Gasteiger partial charge in [0.1, 0.15) is 5.65 Å². The van der Waals surface area contributed by atoms with Crippen LogP contribution in [0.5, 0.6) is 5.88 Å². The molecule has 1 saturated heterocycles. The predicted molar refractivity (Wildman–Crippen MR) is 195 cm³/mol. The summed E-state index contributed by atoms with van der Waals surface area (Å²) >= 11 is 14.2. The molecular formula is C38H38Cl2N6O4. The molecule has 0 spiro atoms. The zero-order valence-corrected chi connectivity index (χ0v) is 29.1. The summed E-state index contributed by atoms with van der Waals surface area (Å²) in [7, 11) is 1.59. The topological polar surface area (TPSA) is 130 Å². The zero-order valence-electron chi connectivity index (χ0n) is 27.6. The molecule has 0 radical (unpaired) electrons. The Morgan fingerprint density at radius 3 is 2.38 bits per heavy atom. The van der Waals surface area contributed by atoms with Gasteiger partial charge in [0.15, 0.2) is 0 Å². The van der Waals surface area contributed by atoms with E-state index in [1.807, 2.05) is 60.7 Å². The van der Waals surface area contributed by atoms with Crippen LogP contribution in [0, 0.1) is 5.92 Å². The van der Waals surface area contributed by atoms with E-state index >= 15 is 0 Å². The van der Waals surface area contributed by atoms with Crippen LogP contribution in [0.3, 0.4) is 0 Å². The number of ether oxygens (including phenoxy) is 1. The monoisotopic (exact) mass is 712 g/mol. The molecule has 4 heterocycles. The molecular weight excluding hydrogens is 675 g/mol. The van der Waals surface area contributed by atoms with E-state index in [9.17, 15) is 14.7 Å². The van der Waals surface area contributed by atoms with E-state index in [0.29, 0.717) is 71.3 Å². The Balaban J connectivity index is 1.11. The molecule has 10 nitrogen and oxygen atoms in total. The van der Waals surface area contributed by atoms with Crippen LogP contribution in [-0.4, -0.2) is 57.7 Å². The maximum Gasteiger partial charge on any atom is 0.262 e. The maximum atomic E-state index is 13.2. The number of benzene rings is 2. The number of aliphatic hydroxyl groups is 1. The Labute approximate surface area is 299 Å². The third kappa shape index (κ3) is 7.26. The van der Waals surface area contributed by atoms with Crippen molar-refractivity contribution in [2.24, 2.45) is 5.92 Å². The quantitative estimate of drug-likeness (QED) is 0.124. The first kappa shape index (κ1) is 34.1. The minimum Gasteiger partial charge on any atom is -0.481 e. The molecule has 2 aromatic carbocycles. The van der Waals surface area contributed by atoms with Crippen molar-refractivity contribution in [2.75, 3.05) is 20.2 Å². The summed E-state index contributed by atoms with van der Waals surface area (Å²) < 4.78 is 7.16. The molecule has 2 fully saturated rings. The van der Waals surface area contributed by atoms with Crippen molar-refractivity contribution in [1.29, 1.82) is 0 Å². The number of rotatable bonds is 13. The molecule has 1 amide bonds. The number of fused-ring (bicyclic) bond motifs is 1. The van der Waals surface area contributed by atoms with E-state index in [4.69, 9.17) is 32.9 Å². The Morgan fingerprint density at radius 2 is 1.66 bits per heavy atom. The SMILES string of the molecule is COc1nc(-c2cccc(-c3cccc(-c4ccn5c(=O)c(CNC[C@H](O)C6CC6)cnc5c4)c3Cl)c2Cl)ccc1CNC[C@@H]1CCC(=O)N1. The first-order valence-corrected chi connectivity index (χ1v) is 17.6. The molecule has 4 N–H and O–H groups in total. The molecule has 1 aliphatic carbocycles. The van der Waals surface area contributed by atoms with Crippen molar-refractivity contribution in [1.82, 2.24) is 30.3 Å². The number of hydrogen-bond donors (Lipinski definition) is 4. The molecule has 0 unspecified atom stereocenters. The van der Waals surface area contributed by atoms with Gasteiger partial charge in [0.2, 0.25) is 11.8 Å². The number of carbonyl (C=O) groups excluding carboxylic acids is 1. The molecule has 1 saturated carbocycles. The molecule has 5 aromatic rings. The second-order valence-electron chi connectivity index (χ2n) is 12.9. The van der Waals surface area contributed by atoms with Gasteiger partial charge >= 0.3 is 0 Å². The number of aliphatic hydroxyl groups excluding tert-OH is 1. The summed E-state index contributed by atoms with van der Waals surface area (Å²) in [6, 6.07) is 19.3. The van der Waals surface area contributed by atoms with Gasteiger partial charge in [-0.1, -0.05) is 65.7 Å². The molecule has 1 aliphatic heterocycles. The number of aromatic nitrogens is 3. The fourth-order valence-electron chi connectivity index (χ4n) is 6.45. The number of nitrogens with one attached hydrogen (secondary N) is 3. The Bertz CT molecular complexity index is 2120. The average molecular weight is 714 g/mol. The first-order chi connectivity index (χ1) is 24.3. The van der Waals surface area contributed by atoms with Gasteiger partial charge in [-0.25, -0.2) is 9.97 Å². The number of carbonyl (C=O) groups is 1. The van der Waals surface area contributed by atoms with E-state index in [1.165, 1.54) is 4.40 Å². The smallest absolute Gasteiger partial charge is 0.262 e. The second-order valence-corrected chi connectivity index (χ2v) is 13.7. The summed E-state index contributed by atoms with van der Waals surface area (Å²) in [4.78, 5) is 34.1. The van der Waals surface area contributed by atoms with Crippen molar-refractivity contribution in [3.05, 3.63) is 105 Å². The number of halogens is 2. The van der Waals surface area contributed by atoms with Crippen LogP contribution in [0.25, 0.3) is 39.2 Å². The second kappa shape index (κ2) is 14.9. The van der Waals surface area contributed by atoms with E-state index in [1.54, 1.807) is 19.5 Å². The fraction of sp³-hybridized carbons (Fsp3) is 0.316. The molecule has 2 aliphatic rings. The van der Waals surface area contributed by atoms with Crippen molar-refractivity contribution in [2.45, 2.75) is 50.9 Å².